The number of carbonyl (C=O) groups excluding carboxylic acids is 1. The normalized spacial score (nSPS) is 13.2. The SMILES string of the molecule is C=CC(=O)NC.[HH].c1cc(-c2c[nH]c3ncc(N4CCCC4)cc23)ccn1. The van der Waals surface area contributed by atoms with Gasteiger partial charge in [-0.05, 0) is 42.7 Å². The highest BCUT2D eigenvalue weighted by atomic mass is 16.1. The van der Waals surface area contributed by atoms with Crippen molar-refractivity contribution in [3.05, 3.63) is 55.6 Å². The summed E-state index contributed by atoms with van der Waals surface area (Å²) in [5, 5.41) is 3.54. The summed E-state index contributed by atoms with van der Waals surface area (Å²) < 4.78 is 0. The highest BCUT2D eigenvalue weighted by Gasteiger charge is 2.15. The molecular formula is C20H25N5O. The molecule has 0 bridgehead atoms. The number of hydrogen-bond acceptors (Lipinski definition) is 4. The van der Waals surface area contributed by atoms with Crippen LogP contribution in [0.5, 0.6) is 0 Å². The summed E-state index contributed by atoms with van der Waals surface area (Å²) in [6, 6.07) is 6.32. The molecule has 1 fully saturated rings. The second-order valence-electron chi connectivity index (χ2n) is 6.04. The highest BCUT2D eigenvalue weighted by molar-refractivity contribution is 5.95. The van der Waals surface area contributed by atoms with Gasteiger partial charge in [0.2, 0.25) is 5.91 Å². The van der Waals surface area contributed by atoms with Gasteiger partial charge in [-0.1, -0.05) is 6.58 Å². The van der Waals surface area contributed by atoms with Crippen molar-refractivity contribution in [2.24, 2.45) is 0 Å². The van der Waals surface area contributed by atoms with Crippen LogP contribution in [-0.4, -0.2) is 41.0 Å². The zero-order valence-electron chi connectivity index (χ0n) is 14.9. The second-order valence-corrected chi connectivity index (χ2v) is 6.04. The monoisotopic (exact) mass is 351 g/mol. The number of carbonyl (C=O) groups is 1. The van der Waals surface area contributed by atoms with Crippen molar-refractivity contribution < 1.29 is 6.22 Å². The van der Waals surface area contributed by atoms with Gasteiger partial charge in [0.15, 0.2) is 0 Å². The predicted molar refractivity (Wildman–Crippen MR) is 107 cm³/mol. The van der Waals surface area contributed by atoms with E-state index in [0.717, 1.165) is 18.7 Å². The molecule has 1 aliphatic heterocycles. The maximum absolute atomic E-state index is 9.95. The third-order valence-electron chi connectivity index (χ3n) is 4.41. The van der Waals surface area contributed by atoms with Crippen LogP contribution in [0.15, 0.2) is 55.6 Å². The fourth-order valence-corrected chi connectivity index (χ4v) is 3.01. The van der Waals surface area contributed by atoms with Crippen molar-refractivity contribution in [1.29, 1.82) is 0 Å². The Bertz CT molecular complexity index is 888. The van der Waals surface area contributed by atoms with Gasteiger partial charge in [0.1, 0.15) is 5.65 Å². The molecule has 26 heavy (non-hydrogen) atoms. The number of nitrogens with zero attached hydrogens (tertiary/aromatic N) is 3. The fraction of sp³-hybridized carbons (Fsp3) is 0.250. The standard InChI is InChI=1S/C16H16N4.C4H7NO.H2/c1-2-8-20(7-1)13-9-14-15(11-19-16(14)18-10-13)12-3-5-17-6-4-12;1-3-4(6)5-2;/h3-6,9-11H,1-2,7-8H2,(H,18,19);3H,1H2,2H3,(H,5,6);1H. The molecule has 0 atom stereocenters. The highest BCUT2D eigenvalue weighted by Crippen LogP contribution is 2.30. The molecule has 3 aromatic rings. The van der Waals surface area contributed by atoms with Crippen molar-refractivity contribution >= 4 is 22.6 Å². The quantitative estimate of drug-likeness (QED) is 0.710. The Morgan fingerprint density at radius 1 is 1.35 bits per heavy atom. The first-order valence-corrected chi connectivity index (χ1v) is 8.69. The molecule has 4 rings (SSSR count). The topological polar surface area (TPSA) is 73.9 Å². The fourth-order valence-electron chi connectivity index (χ4n) is 3.01. The maximum atomic E-state index is 9.95. The summed E-state index contributed by atoms with van der Waals surface area (Å²) in [6.07, 6.45) is 11.4. The van der Waals surface area contributed by atoms with Gasteiger partial charge in [0.25, 0.3) is 0 Å². The third kappa shape index (κ3) is 3.91. The number of aromatic amines is 1. The van der Waals surface area contributed by atoms with Gasteiger partial charge in [0.05, 0.1) is 11.9 Å². The predicted octanol–water partition coefficient (Wildman–Crippen LogP) is 3.39. The van der Waals surface area contributed by atoms with Crippen LogP contribution in [0.4, 0.5) is 5.69 Å². The molecule has 0 radical (unpaired) electrons. The molecule has 6 heteroatoms. The first-order chi connectivity index (χ1) is 12.7. The van der Waals surface area contributed by atoms with E-state index in [-0.39, 0.29) is 7.33 Å². The summed E-state index contributed by atoms with van der Waals surface area (Å²) in [5.41, 5.74) is 4.53. The molecule has 2 N–H and O–H groups in total. The summed E-state index contributed by atoms with van der Waals surface area (Å²) in [7, 11) is 1.56. The molecule has 3 aromatic heterocycles. The minimum atomic E-state index is -0.144. The van der Waals surface area contributed by atoms with Gasteiger partial charge in [-0.25, -0.2) is 4.98 Å². The Morgan fingerprint density at radius 3 is 2.69 bits per heavy atom. The number of fused-ring (bicyclic) bond motifs is 1. The number of rotatable bonds is 3. The van der Waals surface area contributed by atoms with Crippen molar-refractivity contribution in [3.63, 3.8) is 0 Å². The van der Waals surface area contributed by atoms with Gasteiger partial charge in [-0.15, -0.1) is 0 Å². The Balaban J connectivity index is 0.000000329. The van der Waals surface area contributed by atoms with E-state index in [2.05, 4.69) is 37.8 Å². The Hall–Kier alpha value is -3.15. The van der Waals surface area contributed by atoms with Crippen LogP contribution in [-0.2, 0) is 4.79 Å². The van der Waals surface area contributed by atoms with E-state index in [1.807, 2.05) is 36.9 Å². The molecule has 0 spiro atoms. The summed E-state index contributed by atoms with van der Waals surface area (Å²) in [4.78, 5) is 24.3. The van der Waals surface area contributed by atoms with Crippen LogP contribution in [0.2, 0.25) is 0 Å². The first kappa shape index (κ1) is 17.7. The number of pyridine rings is 2. The minimum Gasteiger partial charge on any atom is -0.370 e. The number of anilines is 1. The largest absolute Gasteiger partial charge is 0.370 e. The van der Waals surface area contributed by atoms with E-state index < -0.39 is 0 Å². The minimum absolute atomic E-state index is 0. The molecule has 0 aliphatic carbocycles. The van der Waals surface area contributed by atoms with Crippen molar-refractivity contribution in [2.45, 2.75) is 12.8 Å². The van der Waals surface area contributed by atoms with Gasteiger partial charge in [0, 0.05) is 51.1 Å². The zero-order valence-corrected chi connectivity index (χ0v) is 14.9. The third-order valence-corrected chi connectivity index (χ3v) is 4.41. The van der Waals surface area contributed by atoms with E-state index >= 15 is 0 Å². The van der Waals surface area contributed by atoms with E-state index in [4.69, 9.17) is 0 Å². The lowest BCUT2D eigenvalue weighted by molar-refractivity contribution is -0.116. The van der Waals surface area contributed by atoms with Crippen LogP contribution in [0.1, 0.15) is 14.3 Å². The van der Waals surface area contributed by atoms with E-state index in [0.29, 0.717) is 0 Å². The first-order valence-electron chi connectivity index (χ1n) is 8.69. The number of nitrogens with one attached hydrogen (secondary N) is 2. The summed E-state index contributed by atoms with van der Waals surface area (Å²) in [6.45, 7) is 5.50. The van der Waals surface area contributed by atoms with Gasteiger partial charge in [-0.3, -0.25) is 9.78 Å². The van der Waals surface area contributed by atoms with Crippen molar-refractivity contribution in [1.82, 2.24) is 20.3 Å². The molecule has 1 saturated heterocycles. The molecule has 136 valence electrons. The molecule has 4 heterocycles. The van der Waals surface area contributed by atoms with Crippen LogP contribution in [0.3, 0.4) is 0 Å². The number of amides is 1. The van der Waals surface area contributed by atoms with Crippen molar-refractivity contribution in [3.8, 4) is 11.1 Å². The van der Waals surface area contributed by atoms with Crippen LogP contribution < -0.4 is 10.2 Å². The smallest absolute Gasteiger partial charge is 0.243 e. The van der Waals surface area contributed by atoms with Crippen molar-refractivity contribution in [2.75, 3.05) is 25.0 Å². The Labute approximate surface area is 154 Å². The van der Waals surface area contributed by atoms with Gasteiger partial charge >= 0.3 is 0 Å². The molecule has 0 saturated carbocycles. The molecule has 1 aliphatic rings. The van der Waals surface area contributed by atoms with Crippen LogP contribution >= 0.6 is 0 Å². The number of likely N-dealkylation sites (N-methyl/N-ethyl adjacent to an activating group) is 1. The Morgan fingerprint density at radius 2 is 2.08 bits per heavy atom. The lowest BCUT2D eigenvalue weighted by atomic mass is 10.1. The molecule has 0 unspecified atom stereocenters. The van der Waals surface area contributed by atoms with E-state index in [1.165, 1.54) is 41.1 Å². The van der Waals surface area contributed by atoms with Gasteiger partial charge < -0.3 is 15.2 Å². The van der Waals surface area contributed by atoms with E-state index in [9.17, 15) is 4.79 Å². The number of hydrogen-bond donors (Lipinski definition) is 2. The Kier molecular flexibility index (Phi) is 5.63. The average Bonchev–Trinajstić information content (AvgIpc) is 3.38. The van der Waals surface area contributed by atoms with Crippen LogP contribution in [0, 0.1) is 0 Å². The average molecular weight is 351 g/mol. The van der Waals surface area contributed by atoms with E-state index in [1.54, 1.807) is 7.05 Å². The van der Waals surface area contributed by atoms with Crippen LogP contribution in [0.25, 0.3) is 22.2 Å². The van der Waals surface area contributed by atoms with Gasteiger partial charge in [-0.2, -0.15) is 0 Å². The summed E-state index contributed by atoms with van der Waals surface area (Å²) in [5.74, 6) is -0.144. The molecule has 0 aromatic carbocycles. The number of aromatic nitrogens is 3. The lowest BCUT2D eigenvalue weighted by Crippen LogP contribution is -2.17. The molecular weight excluding hydrogens is 326 g/mol. The summed E-state index contributed by atoms with van der Waals surface area (Å²) >= 11 is 0. The maximum Gasteiger partial charge on any atom is 0.243 e. The second kappa shape index (κ2) is 8.29. The zero-order chi connectivity index (χ0) is 18.4. The number of H-pyrrole nitrogens is 1. The lowest BCUT2D eigenvalue weighted by Gasteiger charge is -2.17. The molecule has 1 amide bonds. The molecule has 6 nitrogen and oxygen atoms in total.